The average molecular weight is 325 g/mol. The molecule has 0 fully saturated rings. The molecule has 0 aromatic carbocycles. The second kappa shape index (κ2) is 5.96. The molecular formula is C10H14BrO5P. The van der Waals surface area contributed by atoms with E-state index in [0.29, 0.717) is 11.8 Å². The molecule has 0 saturated heterocycles. The molecule has 1 heterocycles. The van der Waals surface area contributed by atoms with E-state index in [-0.39, 0.29) is 22.8 Å². The molecule has 5 nitrogen and oxygen atoms in total. The Hall–Kier alpha value is -0.420. The van der Waals surface area contributed by atoms with Crippen LogP contribution in [0.4, 0.5) is 0 Å². The Morgan fingerprint density at radius 1 is 1.59 bits per heavy atom. The predicted octanol–water partition coefficient (Wildman–Crippen LogP) is 2.08. The highest BCUT2D eigenvalue weighted by Crippen LogP contribution is 2.36. The molecule has 0 aliphatic heterocycles. The molecule has 0 aliphatic rings. The van der Waals surface area contributed by atoms with E-state index >= 15 is 0 Å². The van der Waals surface area contributed by atoms with Crippen molar-refractivity contribution < 1.29 is 23.6 Å². The summed E-state index contributed by atoms with van der Waals surface area (Å²) in [6.45, 7) is 1.94. The third kappa shape index (κ3) is 3.52. The third-order valence-electron chi connectivity index (χ3n) is 2.38. The molecule has 96 valence electrons. The molecule has 0 bridgehead atoms. The van der Waals surface area contributed by atoms with Crippen molar-refractivity contribution in [1.29, 1.82) is 0 Å². The van der Waals surface area contributed by atoms with E-state index in [4.69, 9.17) is 14.2 Å². The first kappa shape index (κ1) is 14.6. The summed E-state index contributed by atoms with van der Waals surface area (Å²) in [4.78, 5) is 30.2. The van der Waals surface area contributed by atoms with Gasteiger partial charge in [0, 0.05) is 11.2 Å². The third-order valence-corrected chi connectivity index (χ3v) is 4.14. The van der Waals surface area contributed by atoms with Crippen LogP contribution in [0, 0.1) is 5.92 Å². The van der Waals surface area contributed by atoms with Crippen molar-refractivity contribution in [3.63, 3.8) is 0 Å². The van der Waals surface area contributed by atoms with Gasteiger partial charge in [-0.1, -0.05) is 29.3 Å². The van der Waals surface area contributed by atoms with Gasteiger partial charge in [0.2, 0.25) is 5.78 Å². The quantitative estimate of drug-likeness (QED) is 0.475. The minimum absolute atomic E-state index is 0.226. The molecule has 17 heavy (non-hydrogen) atoms. The molecule has 0 radical (unpaired) electrons. The summed E-state index contributed by atoms with van der Waals surface area (Å²) in [6.07, 6.45) is 2.58. The van der Waals surface area contributed by atoms with Gasteiger partial charge in [0.1, 0.15) is 5.30 Å². The molecule has 0 spiro atoms. The molecule has 1 rings (SSSR count). The molecule has 0 amide bonds. The van der Waals surface area contributed by atoms with Crippen LogP contribution in [0.25, 0.3) is 0 Å². The summed E-state index contributed by atoms with van der Waals surface area (Å²) in [7, 11) is -4.46. The van der Waals surface area contributed by atoms with Gasteiger partial charge in [-0.3, -0.25) is 9.36 Å². The number of hydrogen-bond donors (Lipinski definition) is 2. The number of furan rings is 1. The van der Waals surface area contributed by atoms with E-state index in [1.165, 1.54) is 0 Å². The highest BCUT2D eigenvalue weighted by Gasteiger charge is 2.31. The van der Waals surface area contributed by atoms with E-state index < -0.39 is 7.60 Å². The van der Waals surface area contributed by atoms with Crippen molar-refractivity contribution in [2.75, 3.05) is 5.33 Å². The highest BCUT2D eigenvalue weighted by molar-refractivity contribution is 9.09. The second-order valence-electron chi connectivity index (χ2n) is 3.68. The van der Waals surface area contributed by atoms with Gasteiger partial charge >= 0.3 is 7.60 Å². The predicted molar refractivity (Wildman–Crippen MR) is 66.9 cm³/mol. The maximum Gasteiger partial charge on any atom is 0.360 e. The number of halogens is 1. The lowest BCUT2D eigenvalue weighted by Gasteiger charge is -2.11. The lowest BCUT2D eigenvalue weighted by molar-refractivity contribution is 0.0900. The fourth-order valence-corrected chi connectivity index (χ4v) is 2.83. The van der Waals surface area contributed by atoms with Crippen molar-refractivity contribution >= 4 is 34.6 Å². The normalized spacial score (nSPS) is 13.6. The molecule has 0 saturated carbocycles. The summed E-state index contributed by atoms with van der Waals surface area (Å²) in [6, 6.07) is 1.14. The molecule has 1 aromatic heterocycles. The SMILES string of the molecule is CCCC(CBr)C(=O)c1occc1P(=O)(O)O. The van der Waals surface area contributed by atoms with Gasteiger partial charge < -0.3 is 14.2 Å². The van der Waals surface area contributed by atoms with E-state index in [9.17, 15) is 9.36 Å². The van der Waals surface area contributed by atoms with Crippen molar-refractivity contribution in [2.24, 2.45) is 5.92 Å². The first-order chi connectivity index (χ1) is 7.91. The summed E-state index contributed by atoms with van der Waals surface area (Å²) in [5, 5.41) is 0.116. The van der Waals surface area contributed by atoms with Crippen LogP contribution in [0.3, 0.4) is 0 Å². The summed E-state index contributed by atoms with van der Waals surface area (Å²) in [5.41, 5.74) is 0. The minimum atomic E-state index is -4.46. The first-order valence-electron chi connectivity index (χ1n) is 5.15. The molecule has 2 N–H and O–H groups in total. The number of ketones is 1. The standard InChI is InChI=1S/C10H14BrO5P/c1-2-3-7(6-11)9(12)10-8(4-5-16-10)17(13,14)15/h4-5,7H,2-3,6H2,1H3,(H2,13,14,15). The summed E-state index contributed by atoms with van der Waals surface area (Å²) in [5.74, 6) is -0.917. The van der Waals surface area contributed by atoms with Gasteiger partial charge in [-0.15, -0.1) is 0 Å². The fourth-order valence-electron chi connectivity index (χ4n) is 1.53. The van der Waals surface area contributed by atoms with Crippen molar-refractivity contribution in [2.45, 2.75) is 19.8 Å². The van der Waals surface area contributed by atoms with E-state index in [2.05, 4.69) is 15.9 Å². The zero-order valence-corrected chi connectivity index (χ0v) is 11.8. The van der Waals surface area contributed by atoms with Crippen LogP contribution in [0.1, 0.15) is 30.3 Å². The lowest BCUT2D eigenvalue weighted by Crippen LogP contribution is -2.21. The van der Waals surface area contributed by atoms with Crippen molar-refractivity contribution in [3.8, 4) is 0 Å². The molecule has 1 atom stereocenters. The first-order valence-corrected chi connectivity index (χ1v) is 7.89. The smallest absolute Gasteiger partial charge is 0.360 e. The van der Waals surface area contributed by atoms with Gasteiger partial charge in [-0.25, -0.2) is 0 Å². The van der Waals surface area contributed by atoms with Gasteiger partial charge in [0.15, 0.2) is 5.76 Å². The largest absolute Gasteiger partial charge is 0.460 e. The topological polar surface area (TPSA) is 87.7 Å². The molecule has 1 aromatic rings. The number of rotatable bonds is 6. The second-order valence-corrected chi connectivity index (χ2v) is 5.90. The highest BCUT2D eigenvalue weighted by atomic mass is 79.9. The summed E-state index contributed by atoms with van der Waals surface area (Å²) < 4.78 is 16.1. The monoisotopic (exact) mass is 324 g/mol. The Labute approximate surface area is 107 Å². The number of alkyl halides is 1. The maximum atomic E-state index is 12.0. The van der Waals surface area contributed by atoms with Crippen LogP contribution >= 0.6 is 23.5 Å². The van der Waals surface area contributed by atoms with Gasteiger partial charge in [0.25, 0.3) is 0 Å². The van der Waals surface area contributed by atoms with Gasteiger partial charge in [-0.05, 0) is 12.5 Å². The molecule has 0 aliphatic carbocycles. The van der Waals surface area contributed by atoms with E-state index in [0.717, 1.165) is 18.8 Å². The number of carbonyl (C=O) groups excluding carboxylic acids is 1. The van der Waals surface area contributed by atoms with Crippen molar-refractivity contribution in [3.05, 3.63) is 18.1 Å². The number of carbonyl (C=O) groups is 1. The Morgan fingerprint density at radius 2 is 2.24 bits per heavy atom. The minimum Gasteiger partial charge on any atom is -0.460 e. The molecular weight excluding hydrogens is 311 g/mol. The van der Waals surface area contributed by atoms with Crippen LogP contribution in [0.5, 0.6) is 0 Å². The van der Waals surface area contributed by atoms with Crippen LogP contribution < -0.4 is 5.30 Å². The zero-order chi connectivity index (χ0) is 13.1. The molecule has 7 heteroatoms. The molecule has 1 unspecified atom stereocenters. The van der Waals surface area contributed by atoms with E-state index in [1.54, 1.807) is 0 Å². The Balaban J connectivity index is 3.04. The maximum absolute atomic E-state index is 12.0. The van der Waals surface area contributed by atoms with Gasteiger partial charge in [-0.2, -0.15) is 0 Å². The number of Topliss-reactive ketones (excluding diaryl/α,β-unsaturated/α-hetero) is 1. The van der Waals surface area contributed by atoms with E-state index in [1.807, 2.05) is 6.92 Å². The van der Waals surface area contributed by atoms with Crippen LogP contribution in [0.2, 0.25) is 0 Å². The van der Waals surface area contributed by atoms with Crippen LogP contribution in [-0.2, 0) is 4.57 Å². The summed E-state index contributed by atoms with van der Waals surface area (Å²) >= 11 is 3.22. The number of hydrogen-bond acceptors (Lipinski definition) is 3. The Bertz CT molecular complexity index is 436. The zero-order valence-electron chi connectivity index (χ0n) is 9.30. The fraction of sp³-hybridized carbons (Fsp3) is 0.500. The lowest BCUT2D eigenvalue weighted by atomic mass is 9.99. The average Bonchev–Trinajstić information content (AvgIpc) is 2.73. The van der Waals surface area contributed by atoms with Crippen LogP contribution in [-0.4, -0.2) is 20.9 Å². The van der Waals surface area contributed by atoms with Gasteiger partial charge in [0.05, 0.1) is 6.26 Å². The van der Waals surface area contributed by atoms with Crippen molar-refractivity contribution in [1.82, 2.24) is 0 Å². The Kier molecular flexibility index (Phi) is 5.13. The van der Waals surface area contributed by atoms with Crippen LogP contribution in [0.15, 0.2) is 16.7 Å². The Morgan fingerprint density at radius 3 is 2.71 bits per heavy atom.